The molecule has 1 aromatic carbocycles. The normalized spacial score (nSPS) is 31.8. The molecular weight excluding hydrogens is 343 g/mol. The standard InChI is InChI=1S/C14H16BrFN2OS/c1-13(2)12(17)18-14(7-19-6-11(14)20-13)9-5-8(15)3-4-10(9)16/h3-5,11H,6-7H2,1-2H3,(H2,17,18)/t11-,14-/m0/s1. The highest BCUT2D eigenvalue weighted by Gasteiger charge is 2.53. The van der Waals surface area contributed by atoms with E-state index >= 15 is 0 Å². The molecule has 2 aliphatic heterocycles. The van der Waals surface area contributed by atoms with Gasteiger partial charge in [0.05, 0.1) is 23.2 Å². The second kappa shape index (κ2) is 4.71. The predicted molar refractivity (Wildman–Crippen MR) is 83.7 cm³/mol. The van der Waals surface area contributed by atoms with Crippen LogP contribution in [-0.2, 0) is 10.3 Å². The number of nitrogens with zero attached hydrogens (tertiary/aromatic N) is 1. The van der Waals surface area contributed by atoms with Gasteiger partial charge in [-0.05, 0) is 32.0 Å². The lowest BCUT2D eigenvalue weighted by molar-refractivity contribution is 0.178. The number of hydrogen-bond donors (Lipinski definition) is 1. The summed E-state index contributed by atoms with van der Waals surface area (Å²) in [7, 11) is 0. The second-order valence-corrected chi connectivity index (χ2v) is 8.42. The van der Waals surface area contributed by atoms with E-state index in [0.29, 0.717) is 24.6 Å². The van der Waals surface area contributed by atoms with Crippen molar-refractivity contribution in [2.75, 3.05) is 13.2 Å². The van der Waals surface area contributed by atoms with Gasteiger partial charge in [0.2, 0.25) is 0 Å². The lowest BCUT2D eigenvalue weighted by Gasteiger charge is -2.41. The molecule has 3 rings (SSSR count). The first kappa shape index (κ1) is 14.4. The zero-order valence-corrected chi connectivity index (χ0v) is 13.7. The Balaban J connectivity index is 2.18. The zero-order valence-electron chi connectivity index (χ0n) is 11.3. The van der Waals surface area contributed by atoms with Crippen molar-refractivity contribution in [2.24, 2.45) is 10.7 Å². The molecule has 3 nitrogen and oxygen atoms in total. The van der Waals surface area contributed by atoms with Crippen LogP contribution in [0.3, 0.4) is 0 Å². The molecule has 1 fully saturated rings. The molecule has 0 aromatic heterocycles. The summed E-state index contributed by atoms with van der Waals surface area (Å²) in [6, 6.07) is 4.93. The van der Waals surface area contributed by atoms with Crippen LogP contribution >= 0.6 is 27.7 Å². The van der Waals surface area contributed by atoms with E-state index in [9.17, 15) is 4.39 Å². The zero-order chi connectivity index (χ0) is 14.5. The van der Waals surface area contributed by atoms with Crippen molar-refractivity contribution in [1.82, 2.24) is 0 Å². The number of benzene rings is 1. The van der Waals surface area contributed by atoms with E-state index in [1.165, 1.54) is 6.07 Å². The third-order valence-corrected chi connectivity index (χ3v) is 5.99. The van der Waals surface area contributed by atoms with Crippen molar-refractivity contribution in [3.63, 3.8) is 0 Å². The second-order valence-electron chi connectivity index (χ2n) is 5.68. The Morgan fingerprint density at radius 3 is 3.00 bits per heavy atom. The summed E-state index contributed by atoms with van der Waals surface area (Å²) in [4.78, 5) is 4.69. The molecule has 0 bridgehead atoms. The van der Waals surface area contributed by atoms with Crippen LogP contribution in [0.4, 0.5) is 4.39 Å². The van der Waals surface area contributed by atoms with E-state index in [2.05, 4.69) is 20.9 Å². The Hall–Kier alpha value is -0.590. The van der Waals surface area contributed by atoms with Crippen LogP contribution in [0.15, 0.2) is 27.7 Å². The summed E-state index contributed by atoms with van der Waals surface area (Å²) < 4.78 is 20.5. The van der Waals surface area contributed by atoms with Gasteiger partial charge in [-0.3, -0.25) is 4.99 Å². The summed E-state index contributed by atoms with van der Waals surface area (Å²) in [5.41, 5.74) is 5.96. The third kappa shape index (κ3) is 2.09. The van der Waals surface area contributed by atoms with Gasteiger partial charge in [-0.2, -0.15) is 0 Å². The first-order valence-electron chi connectivity index (χ1n) is 6.42. The summed E-state index contributed by atoms with van der Waals surface area (Å²) in [6.45, 7) is 5.01. The largest absolute Gasteiger partial charge is 0.386 e. The van der Waals surface area contributed by atoms with Gasteiger partial charge in [0.15, 0.2) is 0 Å². The van der Waals surface area contributed by atoms with E-state index in [1.54, 1.807) is 23.9 Å². The molecule has 20 heavy (non-hydrogen) atoms. The van der Waals surface area contributed by atoms with Crippen LogP contribution in [0.5, 0.6) is 0 Å². The molecule has 2 atom stereocenters. The molecule has 1 aromatic rings. The highest BCUT2D eigenvalue weighted by atomic mass is 79.9. The minimum absolute atomic E-state index is 0.0774. The van der Waals surface area contributed by atoms with E-state index in [0.717, 1.165) is 4.47 Å². The maximum absolute atomic E-state index is 14.3. The van der Waals surface area contributed by atoms with Crippen molar-refractivity contribution in [1.29, 1.82) is 0 Å². The number of aliphatic imine (C=N–C) groups is 1. The van der Waals surface area contributed by atoms with Gasteiger partial charge < -0.3 is 10.5 Å². The molecule has 6 heteroatoms. The van der Waals surface area contributed by atoms with E-state index in [-0.39, 0.29) is 15.8 Å². The number of amidine groups is 1. The average Bonchev–Trinajstić information content (AvgIpc) is 2.75. The first-order valence-corrected chi connectivity index (χ1v) is 8.09. The maximum atomic E-state index is 14.3. The highest BCUT2D eigenvalue weighted by Crippen LogP contribution is 2.50. The summed E-state index contributed by atoms with van der Waals surface area (Å²) in [6.07, 6.45) is 0. The molecule has 0 amide bonds. The lowest BCUT2D eigenvalue weighted by atomic mass is 9.88. The molecule has 0 aliphatic carbocycles. The van der Waals surface area contributed by atoms with Gasteiger partial charge in [0.1, 0.15) is 17.2 Å². The molecule has 0 unspecified atom stereocenters. The number of rotatable bonds is 1. The minimum Gasteiger partial charge on any atom is -0.386 e. The quantitative estimate of drug-likeness (QED) is 0.839. The van der Waals surface area contributed by atoms with Crippen LogP contribution in [0.2, 0.25) is 0 Å². The van der Waals surface area contributed by atoms with Crippen molar-refractivity contribution < 1.29 is 9.13 Å². The fraction of sp³-hybridized carbons (Fsp3) is 0.500. The number of ether oxygens (including phenoxy) is 1. The van der Waals surface area contributed by atoms with E-state index in [1.807, 2.05) is 13.8 Å². The first-order chi connectivity index (χ1) is 9.35. The molecule has 0 spiro atoms. The monoisotopic (exact) mass is 358 g/mol. The highest BCUT2D eigenvalue weighted by molar-refractivity contribution is 9.10. The summed E-state index contributed by atoms with van der Waals surface area (Å²) in [5.74, 6) is 0.282. The van der Waals surface area contributed by atoms with Crippen LogP contribution in [0.25, 0.3) is 0 Å². The molecule has 0 saturated carbocycles. The predicted octanol–water partition coefficient (Wildman–Crippen LogP) is 3.06. The van der Waals surface area contributed by atoms with Crippen molar-refractivity contribution in [2.45, 2.75) is 29.4 Å². The molecule has 2 N–H and O–H groups in total. The van der Waals surface area contributed by atoms with Gasteiger partial charge in [-0.25, -0.2) is 4.39 Å². The molecule has 2 heterocycles. The third-order valence-electron chi connectivity index (χ3n) is 3.89. The van der Waals surface area contributed by atoms with Crippen LogP contribution < -0.4 is 5.73 Å². The smallest absolute Gasteiger partial charge is 0.129 e. The molecule has 0 radical (unpaired) electrons. The number of thioether (sulfide) groups is 1. The minimum atomic E-state index is -0.710. The van der Waals surface area contributed by atoms with Crippen LogP contribution in [0.1, 0.15) is 19.4 Å². The number of hydrogen-bond acceptors (Lipinski definition) is 4. The fourth-order valence-electron chi connectivity index (χ4n) is 2.69. The van der Waals surface area contributed by atoms with Gasteiger partial charge in [0.25, 0.3) is 0 Å². The van der Waals surface area contributed by atoms with Gasteiger partial charge in [-0.15, -0.1) is 11.8 Å². The summed E-state index contributed by atoms with van der Waals surface area (Å²) >= 11 is 5.11. The van der Waals surface area contributed by atoms with E-state index in [4.69, 9.17) is 10.5 Å². The van der Waals surface area contributed by atoms with Crippen molar-refractivity contribution in [3.05, 3.63) is 34.1 Å². The summed E-state index contributed by atoms with van der Waals surface area (Å²) in [5, 5.41) is 0.0774. The Morgan fingerprint density at radius 2 is 2.25 bits per heavy atom. The lowest BCUT2D eigenvalue weighted by Crippen LogP contribution is -2.50. The van der Waals surface area contributed by atoms with Gasteiger partial charge in [0, 0.05) is 10.0 Å². The molecule has 108 valence electrons. The van der Waals surface area contributed by atoms with Gasteiger partial charge in [-0.1, -0.05) is 15.9 Å². The van der Waals surface area contributed by atoms with Crippen molar-refractivity contribution in [3.8, 4) is 0 Å². The number of halogens is 2. The van der Waals surface area contributed by atoms with E-state index < -0.39 is 5.54 Å². The van der Waals surface area contributed by atoms with Crippen molar-refractivity contribution >= 4 is 33.5 Å². The average molecular weight is 359 g/mol. The molecular formula is C14H16BrFN2OS. The Kier molecular flexibility index (Phi) is 3.38. The number of fused-ring (bicyclic) bond motifs is 1. The number of nitrogens with two attached hydrogens (primary N) is 1. The molecule has 1 saturated heterocycles. The fourth-order valence-corrected chi connectivity index (χ4v) is 4.54. The van der Waals surface area contributed by atoms with Crippen LogP contribution in [0, 0.1) is 5.82 Å². The topological polar surface area (TPSA) is 47.6 Å². The Labute approximate surface area is 130 Å². The maximum Gasteiger partial charge on any atom is 0.129 e. The Morgan fingerprint density at radius 1 is 1.50 bits per heavy atom. The van der Waals surface area contributed by atoms with Gasteiger partial charge >= 0.3 is 0 Å². The van der Waals surface area contributed by atoms with Crippen LogP contribution in [-0.4, -0.2) is 29.0 Å². The Bertz CT molecular complexity index is 593. The SMILES string of the molecule is CC1(C)S[C@H]2COC[C@@]2(c2cc(Br)ccc2F)N=C1N. The molecule has 2 aliphatic rings.